The summed E-state index contributed by atoms with van der Waals surface area (Å²) in [5, 5.41) is 5.45. The van der Waals surface area contributed by atoms with Crippen molar-refractivity contribution in [2.45, 2.75) is 11.8 Å². The molecule has 9 heteroatoms. The number of fused-ring (bicyclic) bond motifs is 1. The van der Waals surface area contributed by atoms with E-state index in [2.05, 4.69) is 10.1 Å². The summed E-state index contributed by atoms with van der Waals surface area (Å²) in [5.74, 6) is 0.398. The number of ether oxygens (including phenoxy) is 1. The van der Waals surface area contributed by atoms with E-state index >= 15 is 0 Å². The lowest BCUT2D eigenvalue weighted by Gasteiger charge is -2.11. The lowest BCUT2D eigenvalue weighted by molar-refractivity contribution is 0.411. The van der Waals surface area contributed by atoms with E-state index in [9.17, 15) is 13.0 Å². The third-order valence-electron chi connectivity index (χ3n) is 3.39. The third-order valence-corrected chi connectivity index (χ3v) is 4.45. The molecule has 3 aromatic rings. The van der Waals surface area contributed by atoms with Gasteiger partial charge >= 0.3 is 0 Å². The number of aromatic nitrogens is 3. The minimum absolute atomic E-state index is 0.255. The van der Waals surface area contributed by atoms with Gasteiger partial charge in [-0.2, -0.15) is 13.5 Å². The van der Waals surface area contributed by atoms with E-state index in [1.165, 1.54) is 30.0 Å². The number of aryl methyl sites for hydroxylation is 1. The van der Waals surface area contributed by atoms with Gasteiger partial charge in [0.25, 0.3) is 10.1 Å². The fourth-order valence-corrected chi connectivity index (χ4v) is 2.96. The molecule has 0 atom stereocenters. The van der Waals surface area contributed by atoms with Gasteiger partial charge in [0.15, 0.2) is 0 Å². The second kappa shape index (κ2) is 5.48. The van der Waals surface area contributed by atoms with Crippen LogP contribution in [-0.4, -0.2) is 34.8 Å². The van der Waals surface area contributed by atoms with Crippen molar-refractivity contribution >= 4 is 32.6 Å². The van der Waals surface area contributed by atoms with Crippen LogP contribution in [0.4, 0.5) is 0 Å². The second-order valence-corrected chi connectivity index (χ2v) is 6.64. The van der Waals surface area contributed by atoms with E-state index in [1.54, 1.807) is 19.2 Å². The first-order valence-electron chi connectivity index (χ1n) is 6.48. The van der Waals surface area contributed by atoms with Gasteiger partial charge in [-0.25, -0.2) is 9.67 Å². The lowest BCUT2D eigenvalue weighted by atomic mass is 10.2. The van der Waals surface area contributed by atoms with Crippen LogP contribution in [0.5, 0.6) is 5.75 Å². The zero-order valence-electron chi connectivity index (χ0n) is 12.2. The minimum atomic E-state index is -4.35. The Morgan fingerprint density at radius 1 is 1.30 bits per heavy atom. The summed E-state index contributed by atoms with van der Waals surface area (Å²) in [7, 11) is -2.89. The van der Waals surface area contributed by atoms with Crippen molar-refractivity contribution < 1.29 is 17.7 Å². The van der Waals surface area contributed by atoms with E-state index in [-0.39, 0.29) is 10.0 Å². The minimum Gasteiger partial charge on any atom is -0.494 e. The largest absolute Gasteiger partial charge is 0.494 e. The molecule has 3 rings (SSSR count). The van der Waals surface area contributed by atoms with Crippen molar-refractivity contribution in [2.75, 3.05) is 7.11 Å². The van der Waals surface area contributed by atoms with Gasteiger partial charge in [0.05, 0.1) is 23.2 Å². The zero-order valence-corrected chi connectivity index (χ0v) is 13.8. The normalized spacial score (nSPS) is 11.8. The summed E-state index contributed by atoms with van der Waals surface area (Å²) in [6.45, 7) is 1.80. The van der Waals surface area contributed by atoms with Crippen LogP contribution in [0.2, 0.25) is 5.15 Å². The van der Waals surface area contributed by atoms with E-state index < -0.39 is 10.1 Å². The van der Waals surface area contributed by atoms with Gasteiger partial charge in [0.2, 0.25) is 0 Å². The Bertz CT molecular complexity index is 1010. The highest BCUT2D eigenvalue weighted by Gasteiger charge is 2.18. The van der Waals surface area contributed by atoms with Gasteiger partial charge in [-0.15, -0.1) is 0 Å². The molecule has 0 aliphatic rings. The second-order valence-electron chi connectivity index (χ2n) is 4.83. The van der Waals surface area contributed by atoms with Crippen LogP contribution >= 0.6 is 11.6 Å². The lowest BCUT2D eigenvalue weighted by Crippen LogP contribution is -2.04. The van der Waals surface area contributed by atoms with Gasteiger partial charge in [-0.3, -0.25) is 4.55 Å². The molecule has 0 aliphatic heterocycles. The maximum absolute atomic E-state index is 11.4. The predicted octanol–water partition coefficient (Wildman–Crippen LogP) is 2.64. The summed E-state index contributed by atoms with van der Waals surface area (Å²) in [5.41, 5.74) is 1.71. The molecule has 0 aliphatic carbocycles. The summed E-state index contributed by atoms with van der Waals surface area (Å²) >= 11 is 5.95. The van der Waals surface area contributed by atoms with E-state index in [1.807, 2.05) is 0 Å². The molecular formula is C14H12ClN3O4S. The highest BCUT2D eigenvalue weighted by atomic mass is 35.5. The molecule has 0 unspecified atom stereocenters. The topological polar surface area (TPSA) is 94.3 Å². The standard InChI is InChI=1S/C14H12ClN3O4S/c1-8-10-7-16-14(15)6-11(10)18(17-8)12-5-9(23(19,20)21)3-4-13(12)22-2/h3-7H,1-2H3,(H,19,20,21). The Morgan fingerprint density at radius 2 is 2.04 bits per heavy atom. The highest BCUT2D eigenvalue weighted by Crippen LogP contribution is 2.30. The molecule has 0 spiro atoms. The van der Waals surface area contributed by atoms with Crippen LogP contribution in [0.25, 0.3) is 16.6 Å². The maximum atomic E-state index is 11.4. The van der Waals surface area contributed by atoms with Gasteiger partial charge in [-0.1, -0.05) is 11.6 Å². The van der Waals surface area contributed by atoms with Gasteiger partial charge in [0.1, 0.15) is 16.6 Å². The molecule has 1 aromatic carbocycles. The van der Waals surface area contributed by atoms with Crippen molar-refractivity contribution in [3.8, 4) is 11.4 Å². The number of methoxy groups -OCH3 is 1. The Balaban J connectivity index is 2.36. The van der Waals surface area contributed by atoms with E-state index in [4.69, 9.17) is 16.3 Å². The van der Waals surface area contributed by atoms with Crippen LogP contribution in [0.3, 0.4) is 0 Å². The van der Waals surface area contributed by atoms with Crippen molar-refractivity contribution in [1.82, 2.24) is 14.8 Å². The van der Waals surface area contributed by atoms with Crippen molar-refractivity contribution in [1.29, 1.82) is 0 Å². The van der Waals surface area contributed by atoms with Crippen LogP contribution in [0.15, 0.2) is 35.4 Å². The van der Waals surface area contributed by atoms with Crippen molar-refractivity contribution in [3.63, 3.8) is 0 Å². The third kappa shape index (κ3) is 2.76. The molecule has 0 bridgehead atoms. The molecular weight excluding hydrogens is 342 g/mol. The van der Waals surface area contributed by atoms with E-state index in [0.29, 0.717) is 22.6 Å². The Hall–Kier alpha value is -2.16. The molecule has 2 heterocycles. The molecule has 0 saturated carbocycles. The van der Waals surface area contributed by atoms with Crippen LogP contribution < -0.4 is 4.74 Å². The van der Waals surface area contributed by atoms with Gasteiger partial charge in [0, 0.05) is 17.6 Å². The predicted molar refractivity (Wildman–Crippen MR) is 85.0 cm³/mol. The SMILES string of the molecule is COc1ccc(S(=O)(=O)O)cc1-n1nc(C)c2cnc(Cl)cc21. The Labute approximate surface area is 137 Å². The quantitative estimate of drug-likeness (QED) is 0.574. The van der Waals surface area contributed by atoms with Gasteiger partial charge < -0.3 is 4.74 Å². The molecule has 120 valence electrons. The summed E-state index contributed by atoms with van der Waals surface area (Å²) in [4.78, 5) is 3.76. The van der Waals surface area contributed by atoms with Crippen LogP contribution in [-0.2, 0) is 10.1 Å². The Kier molecular flexibility index (Phi) is 3.75. The first-order chi connectivity index (χ1) is 10.8. The smallest absolute Gasteiger partial charge is 0.294 e. The fourth-order valence-electron chi connectivity index (χ4n) is 2.31. The number of pyridine rings is 1. The average Bonchev–Trinajstić information content (AvgIpc) is 2.82. The van der Waals surface area contributed by atoms with Gasteiger partial charge in [-0.05, 0) is 25.1 Å². The van der Waals surface area contributed by atoms with Crippen LogP contribution in [0.1, 0.15) is 5.69 Å². The number of rotatable bonds is 3. The Morgan fingerprint density at radius 3 is 2.70 bits per heavy atom. The van der Waals surface area contributed by atoms with Crippen molar-refractivity contribution in [3.05, 3.63) is 41.3 Å². The molecule has 0 saturated heterocycles. The number of benzene rings is 1. The van der Waals surface area contributed by atoms with Crippen LogP contribution in [0, 0.1) is 6.92 Å². The summed E-state index contributed by atoms with van der Waals surface area (Å²) < 4.78 is 38.8. The average molecular weight is 354 g/mol. The molecule has 7 nitrogen and oxygen atoms in total. The summed E-state index contributed by atoms with van der Waals surface area (Å²) in [6, 6.07) is 5.61. The number of hydrogen-bond donors (Lipinski definition) is 1. The first-order valence-corrected chi connectivity index (χ1v) is 8.30. The monoisotopic (exact) mass is 353 g/mol. The molecule has 0 fully saturated rings. The number of nitrogens with zero attached hydrogens (tertiary/aromatic N) is 3. The summed E-state index contributed by atoms with van der Waals surface area (Å²) in [6.07, 6.45) is 1.59. The fraction of sp³-hybridized carbons (Fsp3) is 0.143. The molecule has 1 N–H and O–H groups in total. The first kappa shape index (κ1) is 15.7. The molecule has 0 radical (unpaired) electrons. The zero-order chi connectivity index (χ0) is 16.8. The van der Waals surface area contributed by atoms with E-state index in [0.717, 1.165) is 5.39 Å². The molecule has 0 amide bonds. The molecule has 23 heavy (non-hydrogen) atoms. The molecule has 2 aromatic heterocycles. The highest BCUT2D eigenvalue weighted by molar-refractivity contribution is 7.85. The number of halogens is 1. The maximum Gasteiger partial charge on any atom is 0.294 e. The number of hydrogen-bond acceptors (Lipinski definition) is 5. The van der Waals surface area contributed by atoms with Crippen molar-refractivity contribution in [2.24, 2.45) is 0 Å².